The maximum atomic E-state index is 2.64. The van der Waals surface area contributed by atoms with Gasteiger partial charge in [0.15, 0.2) is 0 Å². The predicted molar refractivity (Wildman–Crippen MR) is 289 cm³/mol. The number of nitrogens with two attached hydrogens (primary N) is 2. The first-order valence-corrected chi connectivity index (χ1v) is 26.1. The summed E-state index contributed by atoms with van der Waals surface area (Å²) in [4.78, 5) is 0. The third-order valence-corrected chi connectivity index (χ3v) is 15.5. The topological polar surface area (TPSA) is 43.1 Å². The molecular weight excluding hydrogens is 837 g/mol. The number of nitrogens with zero attached hydrogens (tertiary/aromatic N) is 2. The van der Waals surface area contributed by atoms with Gasteiger partial charge < -0.3 is 19.8 Å². The molecule has 0 fully saturated rings. The summed E-state index contributed by atoms with van der Waals surface area (Å²) in [5.74, 6) is 0. The Morgan fingerprint density at radius 1 is 0.304 bits per heavy atom. The molecule has 0 saturated carbocycles. The summed E-state index contributed by atoms with van der Waals surface area (Å²) in [5.41, 5.74) is 17.2. The first-order chi connectivity index (χ1) is 34.2. The van der Waals surface area contributed by atoms with Crippen LogP contribution in [0.4, 0.5) is 0 Å². The number of para-hydroxylation sites is 4. The Bertz CT molecular complexity index is 2970. The number of aryl methyl sites for hydroxylation is 2. The van der Waals surface area contributed by atoms with Crippen molar-refractivity contribution in [2.45, 2.75) is 109 Å². The Morgan fingerprint density at radius 2 is 0.638 bits per heavy atom. The molecule has 10 aromatic rings. The summed E-state index contributed by atoms with van der Waals surface area (Å²) in [6, 6.07) is 72.8. The van der Waals surface area contributed by atoms with Crippen molar-refractivity contribution in [2.24, 2.45) is 0 Å². The fourth-order valence-electron chi connectivity index (χ4n) is 12.1. The molecule has 2 heterocycles. The van der Waals surface area contributed by atoms with E-state index in [0.29, 0.717) is 0 Å². The molecule has 8 aromatic carbocycles. The van der Waals surface area contributed by atoms with Crippen molar-refractivity contribution in [1.29, 1.82) is 0 Å². The van der Waals surface area contributed by atoms with E-state index in [-0.39, 0.29) is 5.41 Å². The average molecular weight is 905 g/mol. The van der Waals surface area contributed by atoms with Crippen molar-refractivity contribution >= 4 is 43.6 Å². The monoisotopic (exact) mass is 905 g/mol. The average Bonchev–Trinajstić information content (AvgIpc) is 3.99. The summed E-state index contributed by atoms with van der Waals surface area (Å²) in [6.07, 6.45) is 12.2. The van der Waals surface area contributed by atoms with Crippen LogP contribution in [0, 0.1) is 0 Å². The van der Waals surface area contributed by atoms with Crippen LogP contribution in [0.25, 0.3) is 54.7 Å². The third-order valence-electron chi connectivity index (χ3n) is 15.5. The second-order valence-corrected chi connectivity index (χ2v) is 19.9. The van der Waals surface area contributed by atoms with Crippen LogP contribution in [0.3, 0.4) is 0 Å². The molecule has 4 nitrogen and oxygen atoms in total. The number of benzene rings is 8. The van der Waals surface area contributed by atoms with Gasteiger partial charge in [0.05, 0.1) is 0 Å². The maximum Gasteiger partial charge on any atom is 0.101 e. The van der Waals surface area contributed by atoms with Crippen molar-refractivity contribution in [3.63, 3.8) is 0 Å². The van der Waals surface area contributed by atoms with Crippen molar-refractivity contribution in [1.82, 2.24) is 9.13 Å². The number of hydrogen-bond donors (Lipinski definition) is 2. The molecule has 2 aromatic heterocycles. The minimum absolute atomic E-state index is 0.00475. The van der Waals surface area contributed by atoms with Crippen molar-refractivity contribution in [3.05, 3.63) is 228 Å². The van der Waals surface area contributed by atoms with Crippen LogP contribution in [0.5, 0.6) is 0 Å². The quantitative estimate of drug-likeness (QED) is 0.0637. The number of fused-ring (bicyclic) bond motifs is 9. The molecule has 0 saturated heterocycles. The fourth-order valence-corrected chi connectivity index (χ4v) is 12.1. The second-order valence-electron chi connectivity index (χ2n) is 19.9. The zero-order valence-corrected chi connectivity index (χ0v) is 40.3. The van der Waals surface area contributed by atoms with Crippen LogP contribution < -0.4 is 10.6 Å². The summed E-state index contributed by atoms with van der Waals surface area (Å²) in [7, 11) is 0. The first-order valence-electron chi connectivity index (χ1n) is 26.1. The van der Waals surface area contributed by atoms with E-state index >= 15 is 0 Å². The van der Waals surface area contributed by atoms with Crippen LogP contribution in [0.15, 0.2) is 194 Å². The van der Waals surface area contributed by atoms with E-state index in [4.69, 9.17) is 0 Å². The summed E-state index contributed by atoms with van der Waals surface area (Å²) >= 11 is 0. The molecule has 0 radical (unpaired) electrons. The highest BCUT2D eigenvalue weighted by Gasteiger charge is 2.42. The Hall–Kier alpha value is -6.72. The highest BCUT2D eigenvalue weighted by molar-refractivity contribution is 6.08. The summed E-state index contributed by atoms with van der Waals surface area (Å²) in [6.45, 7) is 6.08. The highest BCUT2D eigenvalue weighted by atomic mass is 15.0. The van der Waals surface area contributed by atoms with Gasteiger partial charge in [0.2, 0.25) is 0 Å². The molecule has 0 aliphatic heterocycles. The van der Waals surface area contributed by atoms with Crippen molar-refractivity contribution in [2.75, 3.05) is 0 Å². The van der Waals surface area contributed by atoms with Crippen molar-refractivity contribution in [3.8, 4) is 11.1 Å². The van der Waals surface area contributed by atoms with E-state index in [2.05, 4.69) is 214 Å². The van der Waals surface area contributed by atoms with E-state index in [1.165, 1.54) is 141 Å². The predicted octanol–water partition coefficient (Wildman–Crippen LogP) is 14.0. The molecule has 0 atom stereocenters. The normalized spacial score (nSPS) is 12.9. The van der Waals surface area contributed by atoms with Crippen molar-refractivity contribution < 1.29 is 10.6 Å². The van der Waals surface area contributed by atoms with Gasteiger partial charge in [0, 0.05) is 84.4 Å². The third kappa shape index (κ3) is 9.41. The molecule has 0 amide bonds. The molecule has 69 heavy (non-hydrogen) atoms. The number of hydrogen-bond acceptors (Lipinski definition) is 0. The van der Waals surface area contributed by atoms with E-state index in [1.54, 1.807) is 11.1 Å². The number of aromatic nitrogens is 2. The van der Waals surface area contributed by atoms with Gasteiger partial charge in [0.1, 0.15) is 26.2 Å². The summed E-state index contributed by atoms with van der Waals surface area (Å²) < 4.78 is 5.15. The molecule has 11 rings (SSSR count). The van der Waals surface area contributed by atoms with Crippen LogP contribution >= 0.6 is 0 Å². The molecular formula is C65H68N4+2. The lowest BCUT2D eigenvalue weighted by Gasteiger charge is -2.33. The molecule has 4 heteroatoms. The van der Waals surface area contributed by atoms with Crippen LogP contribution in [0.1, 0.15) is 97.6 Å². The second kappa shape index (κ2) is 20.9. The number of rotatable bonds is 22. The molecule has 1 aliphatic carbocycles. The van der Waals surface area contributed by atoms with E-state index in [1.807, 2.05) is 0 Å². The van der Waals surface area contributed by atoms with Crippen LogP contribution in [-0.2, 0) is 44.7 Å². The van der Waals surface area contributed by atoms with Gasteiger partial charge in [-0.25, -0.2) is 0 Å². The molecule has 4 N–H and O–H groups in total. The van der Waals surface area contributed by atoms with E-state index in [9.17, 15) is 0 Å². The first kappa shape index (κ1) is 44.8. The molecule has 346 valence electrons. The largest absolute Gasteiger partial charge is 0.340 e. The Morgan fingerprint density at radius 3 is 1.03 bits per heavy atom. The van der Waals surface area contributed by atoms with Gasteiger partial charge in [-0.05, 0) is 84.3 Å². The smallest absolute Gasteiger partial charge is 0.101 e. The van der Waals surface area contributed by atoms with Gasteiger partial charge in [-0.15, -0.1) is 0 Å². The number of quaternary nitrogens is 2. The van der Waals surface area contributed by atoms with Gasteiger partial charge in [-0.2, -0.15) is 0 Å². The summed E-state index contributed by atoms with van der Waals surface area (Å²) in [5, 5.41) is 10.4. The minimum Gasteiger partial charge on any atom is -0.340 e. The zero-order valence-electron chi connectivity index (χ0n) is 40.3. The molecule has 1 aliphatic rings. The fraction of sp³-hybridized carbons (Fsp3) is 0.262. The Labute approximate surface area is 409 Å². The lowest BCUT2D eigenvalue weighted by molar-refractivity contribution is -0.686. The standard InChI is InChI=1S/C65H66N4/c1(3-21-41-68-61-31-15-11-27-55(61)56-28-12-16-32-62(56)68)19-39-65(40-20-2-4-22-42-69-63-33-17-13-29-57(63)58-30-14-18-34-64(58)69)59-43-51(47-66-45-49-23-7-5-8-24-49)35-37-53(59)54-38-36-52(44-60(54)65)48-67-46-50-25-9-6-10-26-50/h5-18,23-38,43-44,66-67H,1-4,19-22,39-42,45-48H2/p+2. The number of unbranched alkanes of at least 4 members (excludes halogenated alkanes) is 6. The maximum absolute atomic E-state index is 2.64. The Balaban J connectivity index is 0.846. The minimum atomic E-state index is -0.00475. The van der Waals surface area contributed by atoms with E-state index in [0.717, 1.165) is 39.3 Å². The SMILES string of the molecule is c1ccc(C[NH2+]Cc2ccc3c(c2)C(CCCCCCn2c4ccccc4c4ccccc42)(CCCCCCn2c4ccccc4c4ccccc42)c2cc(C[NH2+]Cc4ccccc4)ccc2-3)cc1. The molecule has 0 unspecified atom stereocenters. The lowest BCUT2D eigenvalue weighted by atomic mass is 9.70. The molecule has 0 spiro atoms. The van der Waals surface area contributed by atoms with Gasteiger partial charge >= 0.3 is 0 Å². The Kier molecular flexibility index (Phi) is 13.5. The van der Waals surface area contributed by atoms with E-state index < -0.39 is 0 Å². The molecule has 0 bridgehead atoms. The highest BCUT2D eigenvalue weighted by Crippen LogP contribution is 2.54. The lowest BCUT2D eigenvalue weighted by Crippen LogP contribution is -2.80. The zero-order chi connectivity index (χ0) is 46.2. The van der Waals surface area contributed by atoms with Crippen LogP contribution in [-0.4, -0.2) is 9.13 Å². The van der Waals surface area contributed by atoms with Gasteiger partial charge in [-0.1, -0.05) is 196 Å². The van der Waals surface area contributed by atoms with Gasteiger partial charge in [-0.3, -0.25) is 0 Å². The van der Waals surface area contributed by atoms with Crippen LogP contribution in [0.2, 0.25) is 0 Å². The van der Waals surface area contributed by atoms with Gasteiger partial charge in [0.25, 0.3) is 0 Å².